The molecule has 0 bridgehead atoms. The van der Waals surface area contributed by atoms with Crippen LogP contribution in [0.2, 0.25) is 0 Å². The second-order valence-electron chi connectivity index (χ2n) is 4.18. The van der Waals surface area contributed by atoms with Crippen molar-refractivity contribution in [1.82, 2.24) is 0 Å². The Morgan fingerprint density at radius 2 is 1.73 bits per heavy atom. The van der Waals surface area contributed by atoms with Crippen molar-refractivity contribution in [3.05, 3.63) is 61.2 Å². The topological polar surface area (TPSA) is 85.2 Å². The van der Waals surface area contributed by atoms with Crippen LogP contribution in [-0.4, -0.2) is 16.4 Å². The minimum Gasteiger partial charge on any atom is -0.485 e. The van der Waals surface area contributed by atoms with Gasteiger partial charge in [0.25, 0.3) is 0 Å². The van der Waals surface area contributed by atoms with Crippen molar-refractivity contribution >= 4 is 7.82 Å². The molecule has 116 valence electrons. The molecule has 0 heterocycles. The number of phosphoric acid groups is 1. The summed E-state index contributed by atoms with van der Waals surface area (Å²) in [6, 6.07) is 13.3. The lowest BCUT2D eigenvalue weighted by Gasteiger charge is -2.16. The van der Waals surface area contributed by atoms with E-state index in [1.54, 1.807) is 42.5 Å². The Labute approximate surface area is 127 Å². The van der Waals surface area contributed by atoms with Gasteiger partial charge < -0.3 is 14.0 Å². The van der Waals surface area contributed by atoms with Crippen LogP contribution in [0.1, 0.15) is 0 Å². The highest BCUT2D eigenvalue weighted by Crippen LogP contribution is 2.47. The van der Waals surface area contributed by atoms with Crippen molar-refractivity contribution in [2.45, 2.75) is 0 Å². The molecule has 0 saturated carbocycles. The van der Waals surface area contributed by atoms with Gasteiger partial charge in [0.2, 0.25) is 5.75 Å². The normalized spacial score (nSPS) is 10.8. The minimum absolute atomic E-state index is 0.0823. The van der Waals surface area contributed by atoms with Gasteiger partial charge in [0.05, 0.1) is 0 Å². The summed E-state index contributed by atoms with van der Waals surface area (Å²) in [4.78, 5) is 18.0. The van der Waals surface area contributed by atoms with Crippen molar-refractivity contribution in [2.24, 2.45) is 0 Å². The monoisotopic (exact) mass is 322 g/mol. The Bertz CT molecular complexity index is 680. The second-order valence-corrected chi connectivity index (χ2v) is 5.34. The third kappa shape index (κ3) is 4.63. The van der Waals surface area contributed by atoms with E-state index in [-0.39, 0.29) is 23.9 Å². The van der Waals surface area contributed by atoms with Gasteiger partial charge in [0.15, 0.2) is 11.5 Å². The number of hydrogen-bond donors (Lipinski definition) is 2. The summed E-state index contributed by atoms with van der Waals surface area (Å²) in [6.07, 6.45) is 1.54. The maximum Gasteiger partial charge on any atom is 0.524 e. The molecule has 0 unspecified atom stereocenters. The maximum absolute atomic E-state index is 11.1. The van der Waals surface area contributed by atoms with Gasteiger partial charge in [0.1, 0.15) is 12.4 Å². The fourth-order valence-electron chi connectivity index (χ4n) is 1.67. The summed E-state index contributed by atoms with van der Waals surface area (Å²) >= 11 is 0. The molecule has 0 saturated heterocycles. The number of hydrogen-bond acceptors (Lipinski definition) is 4. The molecule has 0 aliphatic rings. The van der Waals surface area contributed by atoms with E-state index in [0.717, 1.165) is 0 Å². The van der Waals surface area contributed by atoms with E-state index >= 15 is 0 Å². The first kappa shape index (κ1) is 16.1. The van der Waals surface area contributed by atoms with Gasteiger partial charge in [-0.2, -0.15) is 0 Å². The predicted octanol–water partition coefficient (Wildman–Crippen LogP) is 3.52. The van der Waals surface area contributed by atoms with E-state index in [1.807, 2.05) is 6.07 Å². The third-order valence-electron chi connectivity index (χ3n) is 2.48. The fraction of sp³-hybridized carbons (Fsp3) is 0.0667. The summed E-state index contributed by atoms with van der Waals surface area (Å²) in [5, 5.41) is 0. The standard InChI is InChI=1S/C15H15O6P/c1-2-11-19-13-9-6-10-14(21-22(16,17)18)15(13)20-12-7-4-3-5-8-12/h2-10H,1,11H2,(H2,16,17,18). The van der Waals surface area contributed by atoms with E-state index in [4.69, 9.17) is 19.3 Å². The van der Waals surface area contributed by atoms with Crippen molar-refractivity contribution < 1.29 is 28.3 Å². The van der Waals surface area contributed by atoms with Crippen molar-refractivity contribution in [2.75, 3.05) is 6.61 Å². The SMILES string of the molecule is C=CCOc1cccc(OP(=O)(O)O)c1Oc1ccccc1. The highest BCUT2D eigenvalue weighted by Gasteiger charge is 2.22. The first-order chi connectivity index (χ1) is 10.5. The van der Waals surface area contributed by atoms with Gasteiger partial charge >= 0.3 is 7.82 Å². The molecular weight excluding hydrogens is 307 g/mol. The minimum atomic E-state index is -4.72. The Balaban J connectivity index is 2.40. The summed E-state index contributed by atoms with van der Waals surface area (Å²) in [6.45, 7) is 3.76. The lowest BCUT2D eigenvalue weighted by atomic mass is 10.3. The second kappa shape index (κ2) is 7.13. The Hall–Kier alpha value is -2.27. The highest BCUT2D eigenvalue weighted by molar-refractivity contribution is 7.46. The molecule has 0 spiro atoms. The summed E-state index contributed by atoms with van der Waals surface area (Å²) in [5.41, 5.74) is 0. The highest BCUT2D eigenvalue weighted by atomic mass is 31.2. The molecule has 0 aliphatic carbocycles. The number of ether oxygens (including phenoxy) is 2. The van der Waals surface area contributed by atoms with E-state index < -0.39 is 7.82 Å². The molecule has 2 N–H and O–H groups in total. The summed E-state index contributed by atoms with van der Waals surface area (Å²) in [5.74, 6) is 0.736. The largest absolute Gasteiger partial charge is 0.524 e. The molecule has 0 aliphatic heterocycles. The molecule has 0 aromatic heterocycles. The average molecular weight is 322 g/mol. The van der Waals surface area contributed by atoms with Crippen LogP contribution in [0.25, 0.3) is 0 Å². The molecule has 2 aromatic carbocycles. The van der Waals surface area contributed by atoms with E-state index in [1.165, 1.54) is 6.07 Å². The zero-order valence-electron chi connectivity index (χ0n) is 11.6. The van der Waals surface area contributed by atoms with Gasteiger partial charge in [-0.15, -0.1) is 0 Å². The molecule has 0 atom stereocenters. The van der Waals surface area contributed by atoms with Crippen molar-refractivity contribution in [3.63, 3.8) is 0 Å². The van der Waals surface area contributed by atoms with Crippen LogP contribution in [0.15, 0.2) is 61.2 Å². The van der Waals surface area contributed by atoms with Gasteiger partial charge in [-0.05, 0) is 24.3 Å². The van der Waals surface area contributed by atoms with Crippen LogP contribution < -0.4 is 14.0 Å². The Kier molecular flexibility index (Phi) is 5.22. The zero-order chi connectivity index (χ0) is 16.0. The van der Waals surface area contributed by atoms with Crippen LogP contribution in [0.5, 0.6) is 23.0 Å². The van der Waals surface area contributed by atoms with Crippen molar-refractivity contribution in [3.8, 4) is 23.0 Å². The summed E-state index contributed by atoms with van der Waals surface area (Å²) in [7, 11) is -4.72. The van der Waals surface area contributed by atoms with Gasteiger partial charge in [-0.1, -0.05) is 36.9 Å². The number of rotatable bonds is 7. The van der Waals surface area contributed by atoms with E-state index in [0.29, 0.717) is 5.75 Å². The van der Waals surface area contributed by atoms with Crippen molar-refractivity contribution in [1.29, 1.82) is 0 Å². The molecule has 0 fully saturated rings. The van der Waals surface area contributed by atoms with Gasteiger partial charge in [0, 0.05) is 0 Å². The lowest BCUT2D eigenvalue weighted by Crippen LogP contribution is -1.99. The maximum atomic E-state index is 11.1. The quantitative estimate of drug-likeness (QED) is 0.599. The molecule has 0 radical (unpaired) electrons. The van der Waals surface area contributed by atoms with E-state index in [9.17, 15) is 4.57 Å². The van der Waals surface area contributed by atoms with Gasteiger partial charge in [-0.3, -0.25) is 9.79 Å². The Morgan fingerprint density at radius 3 is 2.36 bits per heavy atom. The van der Waals surface area contributed by atoms with Gasteiger partial charge in [-0.25, -0.2) is 4.57 Å². The van der Waals surface area contributed by atoms with Crippen LogP contribution in [0.4, 0.5) is 0 Å². The van der Waals surface area contributed by atoms with Crippen LogP contribution in [0.3, 0.4) is 0 Å². The lowest BCUT2D eigenvalue weighted by molar-refractivity contribution is 0.275. The molecule has 22 heavy (non-hydrogen) atoms. The van der Waals surface area contributed by atoms with Crippen LogP contribution in [0, 0.1) is 0 Å². The molecule has 2 rings (SSSR count). The third-order valence-corrected chi connectivity index (χ3v) is 2.91. The average Bonchev–Trinajstić information content (AvgIpc) is 2.47. The molecular formula is C15H15O6P. The molecule has 7 heteroatoms. The summed E-state index contributed by atoms with van der Waals surface area (Å²) < 4.78 is 26.8. The number of para-hydroxylation sites is 2. The zero-order valence-corrected chi connectivity index (χ0v) is 12.5. The number of benzene rings is 2. The predicted molar refractivity (Wildman–Crippen MR) is 81.3 cm³/mol. The smallest absolute Gasteiger partial charge is 0.485 e. The molecule has 0 amide bonds. The first-order valence-corrected chi connectivity index (χ1v) is 7.87. The Morgan fingerprint density at radius 1 is 1.05 bits per heavy atom. The van der Waals surface area contributed by atoms with Crippen LogP contribution in [-0.2, 0) is 4.57 Å². The molecule has 2 aromatic rings. The van der Waals surface area contributed by atoms with E-state index in [2.05, 4.69) is 11.1 Å². The first-order valence-electron chi connectivity index (χ1n) is 6.34. The molecule has 6 nitrogen and oxygen atoms in total. The van der Waals surface area contributed by atoms with Crippen LogP contribution >= 0.6 is 7.82 Å². The fourth-order valence-corrected chi connectivity index (χ4v) is 2.07. The number of phosphoric ester groups is 1.